The minimum Gasteiger partial charge on any atom is -0.381 e. The van der Waals surface area contributed by atoms with E-state index in [-0.39, 0.29) is 11.9 Å². The van der Waals surface area contributed by atoms with Crippen molar-refractivity contribution >= 4 is 17.2 Å². The normalized spacial score (nSPS) is 15.1. The van der Waals surface area contributed by atoms with Gasteiger partial charge in [0.05, 0.1) is 16.8 Å². The largest absolute Gasteiger partial charge is 0.381 e. The molecule has 1 aromatic carbocycles. The van der Waals surface area contributed by atoms with Crippen molar-refractivity contribution in [3.05, 3.63) is 59.0 Å². The lowest BCUT2D eigenvalue weighted by atomic mass is 10.1. The molecule has 0 radical (unpaired) electrons. The van der Waals surface area contributed by atoms with Gasteiger partial charge in [-0.2, -0.15) is 5.10 Å². The van der Waals surface area contributed by atoms with Crippen LogP contribution in [0.3, 0.4) is 0 Å². The lowest BCUT2D eigenvalue weighted by molar-refractivity contribution is 0.0365. The molecule has 2 aromatic heterocycles. The Morgan fingerprint density at radius 1 is 1.23 bits per heavy atom. The Bertz CT molecular complexity index is 881. The Hall–Kier alpha value is -2.44. The van der Waals surface area contributed by atoms with Gasteiger partial charge in [0.15, 0.2) is 0 Å². The summed E-state index contributed by atoms with van der Waals surface area (Å²) in [6, 6.07) is 12.2. The smallest absolute Gasteiger partial charge is 0.263 e. The Labute approximate surface area is 156 Å². The zero-order chi connectivity index (χ0) is 17.9. The number of thiophene rings is 1. The molecule has 0 N–H and O–H groups in total. The highest BCUT2D eigenvalue weighted by atomic mass is 32.1. The summed E-state index contributed by atoms with van der Waals surface area (Å²) in [5.41, 5.74) is 3.06. The lowest BCUT2D eigenvalue weighted by Crippen LogP contribution is -2.40. The molecule has 3 heterocycles. The second-order valence-electron chi connectivity index (χ2n) is 6.47. The number of para-hydroxylation sites is 1. The van der Waals surface area contributed by atoms with Gasteiger partial charge < -0.3 is 9.64 Å². The highest BCUT2D eigenvalue weighted by Crippen LogP contribution is 2.27. The number of rotatable bonds is 4. The Morgan fingerprint density at radius 3 is 2.77 bits per heavy atom. The molecule has 1 amide bonds. The molecular formula is C20H21N3O2S. The second kappa shape index (κ2) is 7.43. The Morgan fingerprint density at radius 2 is 2.00 bits per heavy atom. The first kappa shape index (κ1) is 17.0. The molecule has 4 rings (SSSR count). The van der Waals surface area contributed by atoms with Crippen molar-refractivity contribution < 1.29 is 9.53 Å². The topological polar surface area (TPSA) is 47.4 Å². The molecule has 3 aromatic rings. The van der Waals surface area contributed by atoms with Crippen LogP contribution in [0.2, 0.25) is 0 Å². The number of amides is 1. The molecule has 1 aliphatic rings. The third-order valence-corrected chi connectivity index (χ3v) is 5.72. The van der Waals surface area contributed by atoms with Crippen molar-refractivity contribution in [2.24, 2.45) is 0 Å². The van der Waals surface area contributed by atoms with Gasteiger partial charge >= 0.3 is 0 Å². The minimum atomic E-state index is 0.0867. The summed E-state index contributed by atoms with van der Waals surface area (Å²) in [6.07, 6.45) is 5.65. The summed E-state index contributed by atoms with van der Waals surface area (Å²) >= 11 is 1.49. The van der Waals surface area contributed by atoms with E-state index in [2.05, 4.69) is 5.10 Å². The van der Waals surface area contributed by atoms with Crippen molar-refractivity contribution in [3.8, 4) is 16.8 Å². The second-order valence-corrected chi connectivity index (χ2v) is 7.38. The maximum Gasteiger partial charge on any atom is 0.263 e. The number of nitrogens with zero attached hydrogens (tertiary/aromatic N) is 3. The number of ether oxygens (including phenoxy) is 1. The summed E-state index contributed by atoms with van der Waals surface area (Å²) in [5.74, 6) is 0.0867. The molecule has 0 atom stereocenters. The first-order valence-electron chi connectivity index (χ1n) is 8.76. The van der Waals surface area contributed by atoms with Gasteiger partial charge in [-0.1, -0.05) is 18.2 Å². The van der Waals surface area contributed by atoms with Gasteiger partial charge in [0, 0.05) is 38.1 Å². The number of carbonyl (C=O) groups is 1. The number of hydrogen-bond acceptors (Lipinski definition) is 4. The molecule has 0 saturated carbocycles. The fraction of sp³-hybridized carbons (Fsp3) is 0.300. The summed E-state index contributed by atoms with van der Waals surface area (Å²) in [5, 5.41) is 6.46. The maximum absolute atomic E-state index is 12.8. The SMILES string of the molecule is CN(C(=O)c1cc(-c2cnn(-c3ccccc3)c2)cs1)C1CCOCC1. The van der Waals surface area contributed by atoms with Crippen molar-refractivity contribution in [3.63, 3.8) is 0 Å². The third kappa shape index (κ3) is 3.43. The lowest BCUT2D eigenvalue weighted by Gasteiger charge is -2.30. The zero-order valence-electron chi connectivity index (χ0n) is 14.7. The van der Waals surface area contributed by atoms with Crippen LogP contribution in [0.5, 0.6) is 0 Å². The van der Waals surface area contributed by atoms with Crippen molar-refractivity contribution in [2.75, 3.05) is 20.3 Å². The van der Waals surface area contributed by atoms with Gasteiger partial charge in [0.2, 0.25) is 0 Å². The fourth-order valence-electron chi connectivity index (χ4n) is 3.21. The summed E-state index contributed by atoms with van der Waals surface area (Å²) in [7, 11) is 1.89. The summed E-state index contributed by atoms with van der Waals surface area (Å²) in [6.45, 7) is 1.47. The van der Waals surface area contributed by atoms with Crippen LogP contribution < -0.4 is 0 Å². The molecule has 26 heavy (non-hydrogen) atoms. The van der Waals surface area contributed by atoms with Crippen LogP contribution in [0.4, 0.5) is 0 Å². The highest BCUT2D eigenvalue weighted by molar-refractivity contribution is 7.12. The van der Waals surface area contributed by atoms with Crippen LogP contribution in [0.15, 0.2) is 54.2 Å². The standard InChI is InChI=1S/C20H21N3O2S/c1-22(17-7-9-25-10-8-17)20(24)19-11-15(14-26-19)16-12-21-23(13-16)18-5-3-2-4-6-18/h2-6,11-14,17H,7-10H2,1H3. The predicted molar refractivity (Wildman–Crippen MR) is 103 cm³/mol. The summed E-state index contributed by atoms with van der Waals surface area (Å²) < 4.78 is 7.24. The fourth-order valence-corrected chi connectivity index (χ4v) is 4.10. The molecule has 0 aliphatic carbocycles. The first-order chi connectivity index (χ1) is 12.7. The summed E-state index contributed by atoms with van der Waals surface area (Å²) in [4.78, 5) is 15.4. The maximum atomic E-state index is 12.8. The molecule has 0 spiro atoms. The van der Waals surface area contributed by atoms with Gasteiger partial charge in [0.25, 0.3) is 5.91 Å². The Kier molecular flexibility index (Phi) is 4.86. The molecule has 1 saturated heterocycles. The van der Waals surface area contributed by atoms with Crippen LogP contribution >= 0.6 is 11.3 Å². The third-order valence-electron chi connectivity index (χ3n) is 4.81. The predicted octanol–water partition coefficient (Wildman–Crippen LogP) is 3.85. The molecule has 0 bridgehead atoms. The van der Waals surface area contributed by atoms with Gasteiger partial charge in [0.1, 0.15) is 0 Å². The first-order valence-corrected chi connectivity index (χ1v) is 9.64. The highest BCUT2D eigenvalue weighted by Gasteiger charge is 2.24. The van der Waals surface area contributed by atoms with E-state index in [0.717, 1.165) is 47.7 Å². The van der Waals surface area contributed by atoms with Gasteiger partial charge in [-0.05, 0) is 42.0 Å². The number of benzene rings is 1. The number of aromatic nitrogens is 2. The van der Waals surface area contributed by atoms with Crippen LogP contribution in [0.25, 0.3) is 16.8 Å². The van der Waals surface area contributed by atoms with Crippen LogP contribution in [0.1, 0.15) is 22.5 Å². The average molecular weight is 367 g/mol. The van der Waals surface area contributed by atoms with Gasteiger partial charge in [-0.25, -0.2) is 4.68 Å². The van der Waals surface area contributed by atoms with Crippen molar-refractivity contribution in [1.82, 2.24) is 14.7 Å². The quantitative estimate of drug-likeness (QED) is 0.704. The molecule has 6 heteroatoms. The number of hydrogen-bond donors (Lipinski definition) is 0. The Balaban J connectivity index is 1.51. The van der Waals surface area contributed by atoms with E-state index in [1.165, 1.54) is 11.3 Å². The van der Waals surface area contributed by atoms with Crippen molar-refractivity contribution in [1.29, 1.82) is 0 Å². The molecule has 0 unspecified atom stereocenters. The molecule has 134 valence electrons. The van der Waals surface area contributed by atoms with E-state index in [9.17, 15) is 4.79 Å². The zero-order valence-corrected chi connectivity index (χ0v) is 15.5. The van der Waals surface area contributed by atoms with Crippen molar-refractivity contribution in [2.45, 2.75) is 18.9 Å². The minimum absolute atomic E-state index is 0.0867. The van der Waals surface area contributed by atoms with E-state index in [4.69, 9.17) is 4.74 Å². The molecule has 1 fully saturated rings. The van der Waals surface area contributed by atoms with E-state index >= 15 is 0 Å². The number of carbonyl (C=O) groups excluding carboxylic acids is 1. The van der Waals surface area contributed by atoms with Gasteiger partial charge in [-0.3, -0.25) is 4.79 Å². The van der Waals surface area contributed by atoms with E-state index in [1.54, 1.807) is 0 Å². The van der Waals surface area contributed by atoms with Crippen LogP contribution in [-0.4, -0.2) is 46.9 Å². The molecular weight excluding hydrogens is 346 g/mol. The van der Waals surface area contributed by atoms with Crippen LogP contribution in [-0.2, 0) is 4.74 Å². The average Bonchev–Trinajstić information content (AvgIpc) is 3.38. The van der Waals surface area contributed by atoms with E-state index in [0.29, 0.717) is 0 Å². The van der Waals surface area contributed by atoms with Gasteiger partial charge in [-0.15, -0.1) is 11.3 Å². The van der Waals surface area contributed by atoms with Crippen LogP contribution in [0, 0.1) is 0 Å². The monoisotopic (exact) mass is 367 g/mol. The van der Waals surface area contributed by atoms with E-state index < -0.39 is 0 Å². The molecule has 5 nitrogen and oxygen atoms in total. The van der Waals surface area contributed by atoms with E-state index in [1.807, 2.05) is 70.8 Å². The molecule has 1 aliphatic heterocycles.